The molecule has 0 saturated heterocycles. The van der Waals surface area contributed by atoms with Crippen molar-refractivity contribution in [2.24, 2.45) is 17.8 Å². The minimum atomic E-state index is -0.562. The molecule has 3 atom stereocenters. The number of rotatable bonds is 5. The van der Waals surface area contributed by atoms with Gasteiger partial charge in [-0.15, -0.1) is 0 Å². The third-order valence-electron chi connectivity index (χ3n) is 5.62. The average molecular weight is 395 g/mol. The fourth-order valence-electron chi connectivity index (χ4n) is 3.97. The molecule has 0 heterocycles. The van der Waals surface area contributed by atoms with E-state index >= 15 is 0 Å². The van der Waals surface area contributed by atoms with Gasteiger partial charge in [-0.1, -0.05) is 45.4 Å². The molecule has 3 unspecified atom stereocenters. The largest absolute Gasteiger partial charge is 0.490 e. The van der Waals surface area contributed by atoms with Gasteiger partial charge in [0.15, 0.2) is 0 Å². The predicted octanol–water partition coefficient (Wildman–Crippen LogP) is 5.49. The second-order valence-corrected chi connectivity index (χ2v) is 8.28. The first-order valence-corrected chi connectivity index (χ1v) is 10.4. The van der Waals surface area contributed by atoms with Gasteiger partial charge in [0.05, 0.1) is 0 Å². The lowest BCUT2D eigenvalue weighted by Gasteiger charge is -2.37. The fourth-order valence-corrected chi connectivity index (χ4v) is 3.97. The molecule has 1 saturated carbocycles. The van der Waals surface area contributed by atoms with Gasteiger partial charge in [0, 0.05) is 11.3 Å². The monoisotopic (exact) mass is 394 g/mol. The van der Waals surface area contributed by atoms with Gasteiger partial charge < -0.3 is 10.1 Å². The minimum absolute atomic E-state index is 0.226. The number of anilines is 1. The van der Waals surface area contributed by atoms with Crippen molar-refractivity contribution in [2.45, 2.75) is 46.1 Å². The molecule has 154 valence electrons. The number of benzene rings is 2. The molecule has 5 heteroatoms. The third-order valence-corrected chi connectivity index (χ3v) is 5.62. The number of amides is 3. The zero-order chi connectivity index (χ0) is 20.8. The summed E-state index contributed by atoms with van der Waals surface area (Å²) in [6.45, 7) is 6.81. The van der Waals surface area contributed by atoms with Crippen molar-refractivity contribution in [3.63, 3.8) is 0 Å². The topological polar surface area (TPSA) is 67.4 Å². The van der Waals surface area contributed by atoms with Gasteiger partial charge in [-0.25, -0.2) is 4.79 Å². The first-order chi connectivity index (χ1) is 13.9. The Balaban J connectivity index is 1.55. The number of carbonyl (C=O) groups excluding carboxylic acids is 2. The van der Waals surface area contributed by atoms with E-state index in [9.17, 15) is 9.59 Å². The van der Waals surface area contributed by atoms with E-state index in [1.165, 1.54) is 12.8 Å². The summed E-state index contributed by atoms with van der Waals surface area (Å²) in [6.07, 6.45) is 3.78. The highest BCUT2D eigenvalue weighted by Gasteiger charge is 2.32. The van der Waals surface area contributed by atoms with Crippen LogP contribution in [0.4, 0.5) is 10.5 Å². The summed E-state index contributed by atoms with van der Waals surface area (Å²) < 4.78 is 6.30. The molecule has 2 aromatic carbocycles. The summed E-state index contributed by atoms with van der Waals surface area (Å²) in [5.41, 5.74) is 1.04. The molecular weight excluding hydrogens is 364 g/mol. The molecule has 3 rings (SSSR count). The smallest absolute Gasteiger partial charge is 0.326 e. The molecule has 3 amide bonds. The molecule has 0 aliphatic heterocycles. The quantitative estimate of drug-likeness (QED) is 0.705. The van der Waals surface area contributed by atoms with Crippen molar-refractivity contribution in [3.05, 3.63) is 60.2 Å². The second-order valence-electron chi connectivity index (χ2n) is 8.28. The Labute approximate surface area is 172 Å². The SMILES string of the molecule is CC1CCC(C(C)C)C(Oc2ccc(NC(=O)NC(=O)c3ccccc3)cc2)C1. The number of carbonyl (C=O) groups is 2. The van der Waals surface area contributed by atoms with E-state index in [0.717, 1.165) is 12.2 Å². The van der Waals surface area contributed by atoms with Crippen LogP contribution in [-0.2, 0) is 0 Å². The molecule has 1 aliphatic rings. The molecule has 1 aliphatic carbocycles. The van der Waals surface area contributed by atoms with E-state index in [1.807, 2.05) is 18.2 Å². The molecule has 0 aromatic heterocycles. The third kappa shape index (κ3) is 5.83. The van der Waals surface area contributed by atoms with Gasteiger partial charge in [0.1, 0.15) is 11.9 Å². The van der Waals surface area contributed by atoms with E-state index in [-0.39, 0.29) is 6.10 Å². The molecule has 0 bridgehead atoms. The van der Waals surface area contributed by atoms with Crippen LogP contribution in [0.5, 0.6) is 5.75 Å². The summed E-state index contributed by atoms with van der Waals surface area (Å²) >= 11 is 0. The van der Waals surface area contributed by atoms with Crippen molar-refractivity contribution in [1.29, 1.82) is 0 Å². The lowest BCUT2D eigenvalue weighted by Crippen LogP contribution is -2.36. The maximum Gasteiger partial charge on any atom is 0.326 e. The Kier molecular flexibility index (Phi) is 6.91. The molecule has 0 spiro atoms. The van der Waals surface area contributed by atoms with E-state index < -0.39 is 11.9 Å². The molecular formula is C24H30N2O3. The average Bonchev–Trinajstić information content (AvgIpc) is 2.70. The van der Waals surface area contributed by atoms with Crippen LogP contribution in [-0.4, -0.2) is 18.0 Å². The Bertz CT molecular complexity index is 818. The van der Waals surface area contributed by atoms with Crippen LogP contribution in [0.1, 0.15) is 50.4 Å². The Morgan fingerprint density at radius 2 is 1.69 bits per heavy atom. The number of imide groups is 1. The summed E-state index contributed by atoms with van der Waals surface area (Å²) in [6, 6.07) is 15.4. The lowest BCUT2D eigenvalue weighted by molar-refractivity contribution is 0.0460. The maximum absolute atomic E-state index is 12.1. The molecule has 2 aromatic rings. The molecule has 29 heavy (non-hydrogen) atoms. The first kappa shape index (κ1) is 20.9. The molecule has 1 fully saturated rings. The fraction of sp³-hybridized carbons (Fsp3) is 0.417. The van der Waals surface area contributed by atoms with Gasteiger partial charge in [-0.2, -0.15) is 0 Å². The molecule has 0 radical (unpaired) electrons. The molecule has 2 N–H and O–H groups in total. The summed E-state index contributed by atoms with van der Waals surface area (Å²) in [5, 5.41) is 5.01. The Hall–Kier alpha value is -2.82. The summed E-state index contributed by atoms with van der Waals surface area (Å²) in [4.78, 5) is 24.1. The van der Waals surface area contributed by atoms with Crippen LogP contribution >= 0.6 is 0 Å². The zero-order valence-corrected chi connectivity index (χ0v) is 17.4. The van der Waals surface area contributed by atoms with E-state index in [1.54, 1.807) is 36.4 Å². The normalized spacial score (nSPS) is 21.4. The highest BCUT2D eigenvalue weighted by atomic mass is 16.5. The van der Waals surface area contributed by atoms with E-state index in [0.29, 0.717) is 29.0 Å². The van der Waals surface area contributed by atoms with Crippen LogP contribution in [0.15, 0.2) is 54.6 Å². The second kappa shape index (κ2) is 9.59. The number of nitrogens with one attached hydrogen (secondary N) is 2. The number of urea groups is 1. The molecule has 5 nitrogen and oxygen atoms in total. The zero-order valence-electron chi connectivity index (χ0n) is 17.4. The highest BCUT2D eigenvalue weighted by Crippen LogP contribution is 2.36. The first-order valence-electron chi connectivity index (χ1n) is 10.4. The maximum atomic E-state index is 12.1. The van der Waals surface area contributed by atoms with Crippen molar-refractivity contribution in [2.75, 3.05) is 5.32 Å². The summed E-state index contributed by atoms with van der Waals surface area (Å²) in [7, 11) is 0. The van der Waals surface area contributed by atoms with Crippen LogP contribution in [0.25, 0.3) is 0 Å². The van der Waals surface area contributed by atoms with E-state index in [4.69, 9.17) is 4.74 Å². The van der Waals surface area contributed by atoms with Crippen molar-refractivity contribution in [3.8, 4) is 5.75 Å². The van der Waals surface area contributed by atoms with Crippen molar-refractivity contribution in [1.82, 2.24) is 5.32 Å². The van der Waals surface area contributed by atoms with Crippen LogP contribution < -0.4 is 15.4 Å². The summed E-state index contributed by atoms with van der Waals surface area (Å²) in [5.74, 6) is 2.22. The van der Waals surface area contributed by atoms with Crippen LogP contribution in [0.3, 0.4) is 0 Å². The van der Waals surface area contributed by atoms with Gasteiger partial charge in [-0.3, -0.25) is 10.1 Å². The standard InChI is InChI=1S/C24H30N2O3/c1-16(2)21-14-9-17(3)15-22(21)29-20-12-10-19(11-13-20)25-24(28)26-23(27)18-7-5-4-6-8-18/h4-8,10-13,16-17,21-22H,9,14-15H2,1-3H3,(H2,25,26,27,28). The lowest BCUT2D eigenvalue weighted by atomic mass is 9.75. The van der Waals surface area contributed by atoms with Gasteiger partial charge >= 0.3 is 6.03 Å². The number of hydrogen-bond donors (Lipinski definition) is 2. The number of ether oxygens (including phenoxy) is 1. The minimum Gasteiger partial charge on any atom is -0.490 e. The number of hydrogen-bond acceptors (Lipinski definition) is 3. The predicted molar refractivity (Wildman–Crippen MR) is 115 cm³/mol. The van der Waals surface area contributed by atoms with Crippen LogP contribution in [0.2, 0.25) is 0 Å². The van der Waals surface area contributed by atoms with Gasteiger partial charge in [0.25, 0.3) is 5.91 Å². The van der Waals surface area contributed by atoms with Gasteiger partial charge in [0.2, 0.25) is 0 Å². The van der Waals surface area contributed by atoms with Crippen molar-refractivity contribution < 1.29 is 14.3 Å². The van der Waals surface area contributed by atoms with Crippen LogP contribution in [0, 0.1) is 17.8 Å². The van der Waals surface area contributed by atoms with Crippen molar-refractivity contribution >= 4 is 17.6 Å². The Morgan fingerprint density at radius 3 is 2.34 bits per heavy atom. The van der Waals surface area contributed by atoms with Gasteiger partial charge in [-0.05, 0) is 67.0 Å². The highest BCUT2D eigenvalue weighted by molar-refractivity contribution is 6.07. The van der Waals surface area contributed by atoms with E-state index in [2.05, 4.69) is 31.4 Å². The Morgan fingerprint density at radius 1 is 1.00 bits per heavy atom.